The molecule has 0 spiro atoms. The second kappa shape index (κ2) is 3.63. The molecule has 14 heavy (non-hydrogen) atoms. The first-order chi connectivity index (χ1) is 6.81. The summed E-state index contributed by atoms with van der Waals surface area (Å²) in [5.74, 6) is 1.18. The summed E-state index contributed by atoms with van der Waals surface area (Å²) >= 11 is 0. The molecule has 2 rings (SSSR count). The van der Waals surface area contributed by atoms with Gasteiger partial charge in [0.1, 0.15) is 0 Å². The van der Waals surface area contributed by atoms with Gasteiger partial charge in [0.2, 0.25) is 11.7 Å². The van der Waals surface area contributed by atoms with Gasteiger partial charge in [0.05, 0.1) is 11.7 Å². The number of aromatic amines is 1. The van der Waals surface area contributed by atoms with E-state index in [-0.39, 0.29) is 6.04 Å². The van der Waals surface area contributed by atoms with Crippen LogP contribution < -0.4 is 5.32 Å². The van der Waals surface area contributed by atoms with Gasteiger partial charge in [0, 0.05) is 6.20 Å². The average Bonchev–Trinajstić information content (AvgIpc) is 2.86. The molecule has 0 saturated heterocycles. The molecule has 5 nitrogen and oxygen atoms in total. The van der Waals surface area contributed by atoms with Crippen LogP contribution in [-0.2, 0) is 0 Å². The molecule has 0 bridgehead atoms. The standard InChI is InChI=1S/C9H12N4O/c1-6(10-2)9-12-8(13-14-9)7-4-3-5-11-7/h3-6,10-11H,1-2H3. The predicted octanol–water partition coefficient (Wildman–Crippen LogP) is 1.35. The van der Waals surface area contributed by atoms with Gasteiger partial charge in [0.15, 0.2) is 0 Å². The van der Waals surface area contributed by atoms with Gasteiger partial charge < -0.3 is 14.8 Å². The molecule has 2 heterocycles. The van der Waals surface area contributed by atoms with E-state index in [4.69, 9.17) is 4.52 Å². The van der Waals surface area contributed by atoms with Crippen LogP contribution >= 0.6 is 0 Å². The largest absolute Gasteiger partial charge is 0.359 e. The Balaban J connectivity index is 2.26. The summed E-state index contributed by atoms with van der Waals surface area (Å²) in [6.45, 7) is 1.96. The fraction of sp³-hybridized carbons (Fsp3) is 0.333. The van der Waals surface area contributed by atoms with Gasteiger partial charge in [-0.1, -0.05) is 5.16 Å². The first kappa shape index (κ1) is 8.96. The first-order valence-corrected chi connectivity index (χ1v) is 4.46. The van der Waals surface area contributed by atoms with Crippen molar-refractivity contribution >= 4 is 0 Å². The number of H-pyrrole nitrogens is 1. The maximum Gasteiger partial charge on any atom is 0.243 e. The van der Waals surface area contributed by atoms with Crippen LogP contribution in [0.3, 0.4) is 0 Å². The van der Waals surface area contributed by atoms with E-state index in [1.807, 2.05) is 32.3 Å². The van der Waals surface area contributed by atoms with Crippen LogP contribution in [0.4, 0.5) is 0 Å². The highest BCUT2D eigenvalue weighted by molar-refractivity contribution is 5.47. The van der Waals surface area contributed by atoms with E-state index in [1.165, 1.54) is 0 Å². The van der Waals surface area contributed by atoms with Gasteiger partial charge in [-0.25, -0.2) is 0 Å². The molecule has 5 heteroatoms. The highest BCUT2D eigenvalue weighted by Crippen LogP contribution is 2.15. The maximum atomic E-state index is 5.10. The van der Waals surface area contributed by atoms with Crippen molar-refractivity contribution in [1.82, 2.24) is 20.4 Å². The molecule has 0 radical (unpaired) electrons. The third kappa shape index (κ3) is 1.54. The number of aromatic nitrogens is 3. The first-order valence-electron chi connectivity index (χ1n) is 4.46. The lowest BCUT2D eigenvalue weighted by atomic mass is 10.3. The Bertz CT molecular complexity index is 393. The number of nitrogens with zero attached hydrogens (tertiary/aromatic N) is 2. The molecule has 2 N–H and O–H groups in total. The number of rotatable bonds is 3. The summed E-state index contributed by atoms with van der Waals surface area (Å²) in [4.78, 5) is 7.27. The van der Waals surface area contributed by atoms with Crippen LogP contribution in [0.5, 0.6) is 0 Å². The predicted molar refractivity (Wildman–Crippen MR) is 51.6 cm³/mol. The molecule has 2 aromatic rings. The Morgan fingerprint density at radius 1 is 1.57 bits per heavy atom. The quantitative estimate of drug-likeness (QED) is 0.770. The van der Waals surface area contributed by atoms with Crippen molar-refractivity contribution in [2.24, 2.45) is 0 Å². The van der Waals surface area contributed by atoms with Crippen molar-refractivity contribution in [2.75, 3.05) is 7.05 Å². The smallest absolute Gasteiger partial charge is 0.243 e. The van der Waals surface area contributed by atoms with E-state index in [1.54, 1.807) is 0 Å². The van der Waals surface area contributed by atoms with Gasteiger partial charge in [-0.2, -0.15) is 4.98 Å². The maximum absolute atomic E-state index is 5.10. The summed E-state index contributed by atoms with van der Waals surface area (Å²) in [7, 11) is 1.85. The van der Waals surface area contributed by atoms with Crippen molar-refractivity contribution in [3.63, 3.8) is 0 Å². The minimum Gasteiger partial charge on any atom is -0.359 e. The molecule has 0 aliphatic heterocycles. The molecular weight excluding hydrogens is 180 g/mol. The summed E-state index contributed by atoms with van der Waals surface area (Å²) in [6, 6.07) is 3.87. The number of nitrogens with one attached hydrogen (secondary N) is 2. The van der Waals surface area contributed by atoms with E-state index in [0.29, 0.717) is 11.7 Å². The molecule has 0 aromatic carbocycles. The average molecular weight is 192 g/mol. The van der Waals surface area contributed by atoms with Crippen LogP contribution in [0.2, 0.25) is 0 Å². The third-order valence-corrected chi connectivity index (χ3v) is 2.08. The van der Waals surface area contributed by atoms with Crippen molar-refractivity contribution < 1.29 is 4.52 Å². The summed E-state index contributed by atoms with van der Waals surface area (Å²) in [6.07, 6.45) is 1.83. The Hall–Kier alpha value is -1.62. The minimum absolute atomic E-state index is 0.0752. The zero-order chi connectivity index (χ0) is 9.97. The van der Waals surface area contributed by atoms with Crippen molar-refractivity contribution in [2.45, 2.75) is 13.0 Å². The van der Waals surface area contributed by atoms with Crippen LogP contribution in [0.25, 0.3) is 11.5 Å². The third-order valence-electron chi connectivity index (χ3n) is 2.08. The van der Waals surface area contributed by atoms with Gasteiger partial charge in [-0.3, -0.25) is 0 Å². The molecule has 0 amide bonds. The Morgan fingerprint density at radius 3 is 3.07 bits per heavy atom. The van der Waals surface area contributed by atoms with Gasteiger partial charge in [-0.15, -0.1) is 0 Å². The molecule has 1 atom stereocenters. The highest BCUT2D eigenvalue weighted by atomic mass is 16.5. The lowest BCUT2D eigenvalue weighted by Crippen LogP contribution is -2.12. The molecule has 0 fully saturated rings. The summed E-state index contributed by atoms with van der Waals surface area (Å²) in [5, 5.41) is 6.90. The SMILES string of the molecule is CNC(C)c1nc(-c2ccc[nH]2)no1. The van der Waals surface area contributed by atoms with E-state index < -0.39 is 0 Å². The Morgan fingerprint density at radius 2 is 2.43 bits per heavy atom. The lowest BCUT2D eigenvalue weighted by Gasteiger charge is -2.01. The van der Waals surface area contributed by atoms with E-state index in [2.05, 4.69) is 20.4 Å². The molecule has 74 valence electrons. The van der Waals surface area contributed by atoms with Crippen LogP contribution in [0.15, 0.2) is 22.9 Å². The normalized spacial score (nSPS) is 13.0. The fourth-order valence-corrected chi connectivity index (χ4v) is 1.11. The zero-order valence-electron chi connectivity index (χ0n) is 8.11. The van der Waals surface area contributed by atoms with Gasteiger partial charge in [-0.05, 0) is 26.1 Å². The van der Waals surface area contributed by atoms with Gasteiger partial charge >= 0.3 is 0 Å². The van der Waals surface area contributed by atoms with E-state index in [0.717, 1.165) is 5.69 Å². The summed E-state index contributed by atoms with van der Waals surface area (Å²) < 4.78 is 5.10. The topological polar surface area (TPSA) is 66.7 Å². The molecule has 0 aliphatic rings. The molecule has 2 aromatic heterocycles. The Kier molecular flexibility index (Phi) is 2.32. The molecular formula is C9H12N4O. The zero-order valence-corrected chi connectivity index (χ0v) is 8.11. The Labute approximate surface area is 81.5 Å². The van der Waals surface area contributed by atoms with Crippen LogP contribution in [0.1, 0.15) is 18.9 Å². The summed E-state index contributed by atoms with van der Waals surface area (Å²) in [5.41, 5.74) is 0.864. The number of hydrogen-bond acceptors (Lipinski definition) is 4. The van der Waals surface area contributed by atoms with Gasteiger partial charge in [0.25, 0.3) is 0 Å². The molecule has 1 unspecified atom stereocenters. The monoisotopic (exact) mass is 192 g/mol. The second-order valence-corrected chi connectivity index (χ2v) is 3.05. The number of hydrogen-bond donors (Lipinski definition) is 2. The highest BCUT2D eigenvalue weighted by Gasteiger charge is 2.13. The minimum atomic E-state index is 0.0752. The van der Waals surface area contributed by atoms with Crippen LogP contribution in [-0.4, -0.2) is 22.2 Å². The van der Waals surface area contributed by atoms with E-state index >= 15 is 0 Å². The van der Waals surface area contributed by atoms with Crippen molar-refractivity contribution in [1.29, 1.82) is 0 Å². The van der Waals surface area contributed by atoms with Crippen LogP contribution in [0, 0.1) is 0 Å². The van der Waals surface area contributed by atoms with Crippen molar-refractivity contribution in [3.8, 4) is 11.5 Å². The molecule has 0 aliphatic carbocycles. The lowest BCUT2D eigenvalue weighted by molar-refractivity contribution is 0.347. The second-order valence-electron chi connectivity index (χ2n) is 3.05. The molecule has 0 saturated carbocycles. The van der Waals surface area contributed by atoms with E-state index in [9.17, 15) is 0 Å². The van der Waals surface area contributed by atoms with Crippen molar-refractivity contribution in [3.05, 3.63) is 24.2 Å². The fourth-order valence-electron chi connectivity index (χ4n) is 1.11.